The molecule has 0 aromatic rings. The first-order valence-corrected chi connectivity index (χ1v) is 10.4. The number of carbonyl (C=O) groups excluding carboxylic acids is 1. The van der Waals surface area contributed by atoms with Crippen molar-refractivity contribution < 1.29 is 14.0 Å². The van der Waals surface area contributed by atoms with Gasteiger partial charge in [0.05, 0.1) is 19.1 Å². The fraction of sp³-hybridized carbons (Fsp3) is 0.857. The van der Waals surface area contributed by atoms with Gasteiger partial charge in [-0.15, -0.1) is 0 Å². The molecule has 0 radical (unpaired) electrons. The van der Waals surface area contributed by atoms with Gasteiger partial charge in [0.2, 0.25) is 0 Å². The fourth-order valence-corrected chi connectivity index (χ4v) is 5.17. The molecule has 4 nitrogen and oxygen atoms in total. The topological polar surface area (TPSA) is 59.3 Å². The van der Waals surface area contributed by atoms with Crippen LogP contribution in [-0.4, -0.2) is 27.0 Å². The van der Waals surface area contributed by atoms with Gasteiger partial charge in [0.15, 0.2) is 8.32 Å². The smallest absolute Gasteiger partial charge is 0.308 e. The molecule has 0 aliphatic heterocycles. The largest absolute Gasteiger partial charge is 0.469 e. The van der Waals surface area contributed by atoms with E-state index in [9.17, 15) is 10.1 Å². The molecule has 0 amide bonds. The quantitative estimate of drug-likeness (QED) is 0.589. The zero-order valence-electron chi connectivity index (χ0n) is 12.2. The molecule has 2 atom stereocenters. The van der Waals surface area contributed by atoms with Gasteiger partial charge in [-0.3, -0.25) is 4.79 Å². The second-order valence-corrected chi connectivity index (χ2v) is 11.4. The number of methoxy groups -OCH3 is 1. The first kappa shape index (κ1) is 14.5. The predicted octanol–water partition coefficient (Wildman–Crippen LogP) is 2.71. The lowest BCUT2D eigenvalue weighted by Crippen LogP contribution is -2.40. The maximum atomic E-state index is 11.6. The summed E-state index contributed by atoms with van der Waals surface area (Å²) < 4.78 is 11.0. The van der Waals surface area contributed by atoms with Crippen LogP contribution in [0.3, 0.4) is 0 Å². The number of rotatable bonds is 3. The molecule has 0 heterocycles. The predicted molar refractivity (Wildman–Crippen MR) is 73.7 cm³/mol. The standard InChI is InChI=1S/C14H23NO3Si/c1-17-13(16)10-5-11-7-14(9-15,8-12(11)6-10)18-19(2,3)4/h10-12H,5-8H2,1-4H3. The van der Waals surface area contributed by atoms with Crippen LogP contribution in [0.4, 0.5) is 0 Å². The van der Waals surface area contributed by atoms with Crippen LogP contribution >= 0.6 is 0 Å². The zero-order valence-corrected chi connectivity index (χ0v) is 13.2. The van der Waals surface area contributed by atoms with E-state index >= 15 is 0 Å². The molecular formula is C14H23NO3Si. The molecule has 0 saturated heterocycles. The molecule has 2 aliphatic carbocycles. The van der Waals surface area contributed by atoms with Gasteiger partial charge in [-0.1, -0.05) is 0 Å². The first-order chi connectivity index (χ1) is 8.78. The van der Waals surface area contributed by atoms with Gasteiger partial charge < -0.3 is 9.16 Å². The zero-order chi connectivity index (χ0) is 14.3. The highest BCUT2D eigenvalue weighted by Gasteiger charge is 2.53. The maximum absolute atomic E-state index is 11.6. The number of carbonyl (C=O) groups is 1. The summed E-state index contributed by atoms with van der Waals surface area (Å²) in [7, 11) is -0.275. The molecule has 0 aromatic heterocycles. The van der Waals surface area contributed by atoms with E-state index in [1.165, 1.54) is 7.11 Å². The van der Waals surface area contributed by atoms with Crippen molar-refractivity contribution in [1.29, 1.82) is 5.26 Å². The number of esters is 1. The van der Waals surface area contributed by atoms with E-state index in [1.54, 1.807) is 0 Å². The third-order valence-electron chi connectivity index (χ3n) is 4.26. The van der Waals surface area contributed by atoms with Gasteiger partial charge in [-0.05, 0) is 57.2 Å². The number of hydrogen-bond donors (Lipinski definition) is 0. The first-order valence-electron chi connectivity index (χ1n) is 6.98. The molecule has 0 spiro atoms. The number of hydrogen-bond acceptors (Lipinski definition) is 4. The summed E-state index contributed by atoms with van der Waals surface area (Å²) in [4.78, 5) is 11.6. The Labute approximate surface area is 116 Å². The Bertz CT molecular complexity index is 396. The third kappa shape index (κ3) is 3.01. The van der Waals surface area contributed by atoms with Crippen molar-refractivity contribution in [3.63, 3.8) is 0 Å². The Morgan fingerprint density at radius 1 is 1.26 bits per heavy atom. The molecule has 0 aromatic carbocycles. The monoisotopic (exact) mass is 281 g/mol. The molecule has 2 rings (SSSR count). The van der Waals surface area contributed by atoms with E-state index in [1.807, 2.05) is 0 Å². The molecule has 0 N–H and O–H groups in total. The summed E-state index contributed by atoms with van der Waals surface area (Å²) in [6, 6.07) is 2.42. The summed E-state index contributed by atoms with van der Waals surface area (Å²) in [5, 5.41) is 9.51. The van der Waals surface area contributed by atoms with Crippen molar-refractivity contribution >= 4 is 14.3 Å². The Hall–Kier alpha value is -0.863. The van der Waals surface area contributed by atoms with Crippen LogP contribution in [0, 0.1) is 29.1 Å². The van der Waals surface area contributed by atoms with E-state index in [4.69, 9.17) is 9.16 Å². The number of fused-ring (bicyclic) bond motifs is 1. The van der Waals surface area contributed by atoms with E-state index < -0.39 is 13.9 Å². The SMILES string of the molecule is COC(=O)C1CC2CC(C#N)(O[Si](C)(C)C)CC2C1. The highest BCUT2D eigenvalue weighted by atomic mass is 28.4. The summed E-state index contributed by atoms with van der Waals surface area (Å²) in [5.41, 5.74) is -0.596. The Morgan fingerprint density at radius 3 is 2.16 bits per heavy atom. The van der Waals surface area contributed by atoms with Crippen molar-refractivity contribution in [2.45, 2.75) is 50.9 Å². The van der Waals surface area contributed by atoms with E-state index in [0.717, 1.165) is 25.7 Å². The van der Waals surface area contributed by atoms with E-state index in [-0.39, 0.29) is 11.9 Å². The lowest BCUT2D eigenvalue weighted by Gasteiger charge is -2.31. The van der Waals surface area contributed by atoms with Crippen LogP contribution in [-0.2, 0) is 14.0 Å². The number of nitriles is 1. The second kappa shape index (κ2) is 4.91. The summed E-state index contributed by atoms with van der Waals surface area (Å²) in [5.74, 6) is 0.826. The summed E-state index contributed by atoms with van der Waals surface area (Å²) >= 11 is 0. The third-order valence-corrected chi connectivity index (χ3v) is 5.27. The van der Waals surface area contributed by atoms with Crippen LogP contribution < -0.4 is 0 Å². The molecule has 2 unspecified atom stereocenters. The molecule has 19 heavy (non-hydrogen) atoms. The normalized spacial score (nSPS) is 37.7. The van der Waals surface area contributed by atoms with Gasteiger partial charge in [0.1, 0.15) is 5.60 Å². The minimum absolute atomic E-state index is 0.0311. The second-order valence-electron chi connectivity index (χ2n) is 6.94. The van der Waals surface area contributed by atoms with Gasteiger partial charge in [0.25, 0.3) is 0 Å². The van der Waals surface area contributed by atoms with Crippen LogP contribution in [0.25, 0.3) is 0 Å². The lowest BCUT2D eigenvalue weighted by atomic mass is 9.96. The van der Waals surface area contributed by atoms with Crippen molar-refractivity contribution in [2.24, 2.45) is 17.8 Å². The van der Waals surface area contributed by atoms with Gasteiger partial charge >= 0.3 is 5.97 Å². The average Bonchev–Trinajstić information content (AvgIpc) is 2.81. The fourth-order valence-electron chi connectivity index (χ4n) is 3.79. The molecule has 106 valence electrons. The summed E-state index contributed by atoms with van der Waals surface area (Å²) in [6.07, 6.45) is 3.28. The van der Waals surface area contributed by atoms with E-state index in [2.05, 4.69) is 25.7 Å². The van der Waals surface area contributed by atoms with Crippen molar-refractivity contribution in [1.82, 2.24) is 0 Å². The lowest BCUT2D eigenvalue weighted by molar-refractivity contribution is -0.145. The average molecular weight is 281 g/mol. The number of nitrogens with zero attached hydrogens (tertiary/aromatic N) is 1. The molecule has 2 aliphatic rings. The molecule has 2 fully saturated rings. The highest BCUT2D eigenvalue weighted by molar-refractivity contribution is 6.69. The molecule has 5 heteroatoms. The van der Waals surface area contributed by atoms with Crippen LogP contribution in [0.2, 0.25) is 19.6 Å². The molecule has 2 saturated carbocycles. The Balaban J connectivity index is 2.03. The minimum Gasteiger partial charge on any atom is -0.469 e. The van der Waals surface area contributed by atoms with Crippen LogP contribution in [0.15, 0.2) is 0 Å². The molecular weight excluding hydrogens is 258 g/mol. The van der Waals surface area contributed by atoms with Crippen molar-refractivity contribution in [3.05, 3.63) is 0 Å². The van der Waals surface area contributed by atoms with Crippen molar-refractivity contribution in [2.75, 3.05) is 7.11 Å². The van der Waals surface area contributed by atoms with Gasteiger partial charge in [0, 0.05) is 0 Å². The van der Waals surface area contributed by atoms with Gasteiger partial charge in [-0.2, -0.15) is 5.26 Å². The minimum atomic E-state index is -1.72. The number of ether oxygens (including phenoxy) is 1. The maximum Gasteiger partial charge on any atom is 0.308 e. The molecule has 0 bridgehead atoms. The highest BCUT2D eigenvalue weighted by Crippen LogP contribution is 2.52. The van der Waals surface area contributed by atoms with Gasteiger partial charge in [-0.25, -0.2) is 0 Å². The van der Waals surface area contributed by atoms with Crippen LogP contribution in [0.1, 0.15) is 25.7 Å². The van der Waals surface area contributed by atoms with Crippen LogP contribution in [0.5, 0.6) is 0 Å². The Kier molecular flexibility index (Phi) is 3.76. The van der Waals surface area contributed by atoms with Crippen molar-refractivity contribution in [3.8, 4) is 6.07 Å². The summed E-state index contributed by atoms with van der Waals surface area (Å²) in [6.45, 7) is 6.37. The van der Waals surface area contributed by atoms with E-state index in [0.29, 0.717) is 11.8 Å². The Morgan fingerprint density at radius 2 is 1.79 bits per heavy atom.